The minimum Gasteiger partial charge on any atom is -0.369 e. The summed E-state index contributed by atoms with van der Waals surface area (Å²) < 4.78 is 15.9. The molecular formula is C45H135N7Si12. The van der Waals surface area contributed by atoms with Gasteiger partial charge in [-0.15, -0.1) is 0 Å². The Morgan fingerprint density at radius 2 is 0.234 bits per heavy atom. The predicted molar refractivity (Wildman–Crippen MR) is 346 cm³/mol. The Kier molecular flexibility index (Phi) is 37.4. The molecule has 0 aromatic heterocycles. The van der Waals surface area contributed by atoms with E-state index in [9.17, 15) is 0 Å². The van der Waals surface area contributed by atoms with Crippen LogP contribution in [0.2, 0.25) is 236 Å². The zero-order valence-electron chi connectivity index (χ0n) is 54.1. The van der Waals surface area contributed by atoms with Gasteiger partial charge in [0.1, 0.15) is 98.8 Å². The van der Waals surface area contributed by atoms with Crippen molar-refractivity contribution in [3.63, 3.8) is 0 Å². The molecule has 0 unspecified atom stereocenters. The molecule has 0 aliphatic carbocycles. The van der Waals surface area contributed by atoms with Gasteiger partial charge >= 0.3 is 0 Å². The summed E-state index contributed by atoms with van der Waals surface area (Å²) in [6, 6.07) is 0. The Morgan fingerprint density at radius 1 is 0.156 bits per heavy atom. The van der Waals surface area contributed by atoms with Crippen LogP contribution in [0, 0.1) is 0 Å². The molecule has 0 saturated carbocycles. The van der Waals surface area contributed by atoms with Gasteiger partial charge in [-0.3, -0.25) is 0 Å². The van der Waals surface area contributed by atoms with E-state index < -0.39 is 98.8 Å². The smallest absolute Gasteiger partial charge is 0.118 e. The van der Waals surface area contributed by atoms with Crippen molar-refractivity contribution in [1.82, 2.24) is 30.3 Å². The monoisotopic (exact) mass is 1110 g/mol. The van der Waals surface area contributed by atoms with Gasteiger partial charge in [0, 0.05) is 0 Å². The van der Waals surface area contributed by atoms with E-state index in [1.165, 1.54) is 0 Å². The molecule has 19 heteroatoms. The summed E-state index contributed by atoms with van der Waals surface area (Å²) >= 11 is 0. The third-order valence-electron chi connectivity index (χ3n) is 10.7. The van der Waals surface area contributed by atoms with Crippen LogP contribution in [0.4, 0.5) is 0 Å². The second kappa shape index (κ2) is 29.7. The third kappa shape index (κ3) is 46.7. The fourth-order valence-electron chi connectivity index (χ4n) is 8.05. The molecule has 398 valence electrons. The van der Waals surface area contributed by atoms with E-state index in [1.807, 2.05) is 26.0 Å². The van der Waals surface area contributed by atoms with Gasteiger partial charge in [0.25, 0.3) is 0 Å². The van der Waals surface area contributed by atoms with Crippen LogP contribution in [0.25, 0.3) is 0 Å². The van der Waals surface area contributed by atoms with E-state index in [2.05, 4.69) is 303 Å². The molecule has 0 fully saturated rings. The molecule has 0 spiro atoms. The SMILES string of the molecule is CN(C)C.CN(C)[Si](C)(C)C.CN(C)[Si](C)(C)C.CN([Si](C)(C)C)[Si](C)(C)C.CN([Si](C)(C)C)[Si](C)(C)C.C[Si](C)(C)N([Si](C)(C)C)[Si](C)(C)C.C[Si](C)(C)N([Si](C)(C)C)[Si](C)(C)C. The van der Waals surface area contributed by atoms with Gasteiger partial charge in [-0.05, 0) is 63.4 Å². The van der Waals surface area contributed by atoms with Gasteiger partial charge in [0.05, 0.1) is 0 Å². The lowest BCUT2D eigenvalue weighted by molar-refractivity contribution is 0.505. The topological polar surface area (TPSA) is 22.7 Å². The van der Waals surface area contributed by atoms with E-state index in [4.69, 9.17) is 0 Å². The van der Waals surface area contributed by atoms with Crippen LogP contribution in [-0.4, -0.2) is 193 Å². The van der Waals surface area contributed by atoms with Crippen LogP contribution in [-0.2, 0) is 0 Å². The molecule has 64 heavy (non-hydrogen) atoms. The van der Waals surface area contributed by atoms with E-state index in [0.29, 0.717) is 0 Å². The number of hydrogen-bond donors (Lipinski definition) is 0. The predicted octanol–water partition coefficient (Wildman–Crippen LogP) is 15.7. The van der Waals surface area contributed by atoms with E-state index >= 15 is 0 Å². The Morgan fingerprint density at radius 3 is 0.234 bits per heavy atom. The molecule has 0 aliphatic heterocycles. The largest absolute Gasteiger partial charge is 0.369 e. The Labute approximate surface area is 425 Å². The fourth-order valence-corrected chi connectivity index (χ4v) is 72.4. The lowest BCUT2D eigenvalue weighted by atomic mass is 11.0. The normalized spacial score (nSPS) is 14.1. The highest BCUT2D eigenvalue weighted by atomic mass is 28.5. The molecule has 0 aromatic carbocycles. The second-order valence-corrected chi connectivity index (χ2v) is 93.8. The van der Waals surface area contributed by atoms with Crippen molar-refractivity contribution < 1.29 is 0 Å². The standard InChI is InChI=1S/2C9H27NSi3.2C7H21NSi2.2C5H15NSi.C3H9N/c2*1-11(2,3)10(12(4,5)6)13(7,8)9;2*1-8(9(2,3)4)10(5,6)7;2*1-6(2)7(3,4)5;1-4(2)3/h2*1-9H3;2*1-7H3;2*1-5H3;1-3H3. The van der Waals surface area contributed by atoms with Crippen LogP contribution in [0.15, 0.2) is 0 Å². The highest BCUT2D eigenvalue weighted by molar-refractivity contribution is 7.04. The first kappa shape index (κ1) is 80.4. The maximum absolute atomic E-state index is 2.98. The quantitative estimate of drug-likeness (QED) is 0.179. The average molecular weight is 1110 g/mol. The van der Waals surface area contributed by atoms with Gasteiger partial charge in [-0.1, -0.05) is 236 Å². The third-order valence-corrected chi connectivity index (χ3v) is 64.4. The first-order valence-corrected chi connectivity index (χ1v) is 66.1. The lowest BCUT2D eigenvalue weighted by Gasteiger charge is -2.51. The minimum atomic E-state index is -1.10. The lowest BCUT2D eigenvalue weighted by Crippen LogP contribution is -2.68. The van der Waals surface area contributed by atoms with Crippen molar-refractivity contribution in [1.29, 1.82) is 0 Å². The van der Waals surface area contributed by atoms with Crippen molar-refractivity contribution in [2.45, 2.75) is 236 Å². The average Bonchev–Trinajstić information content (AvgIpc) is 2.85. The summed E-state index contributed by atoms with van der Waals surface area (Å²) in [5, 5.41) is 0. The molecule has 0 aliphatic rings. The molecule has 0 heterocycles. The summed E-state index contributed by atoms with van der Waals surface area (Å²) in [6.45, 7) is 87.7. The Bertz CT molecular complexity index is 983. The number of hydrogen-bond acceptors (Lipinski definition) is 7. The highest BCUT2D eigenvalue weighted by Crippen LogP contribution is 2.28. The van der Waals surface area contributed by atoms with Crippen LogP contribution in [0.5, 0.6) is 0 Å². The molecule has 0 rings (SSSR count). The van der Waals surface area contributed by atoms with E-state index in [0.717, 1.165) is 0 Å². The highest BCUT2D eigenvalue weighted by Gasteiger charge is 2.43. The van der Waals surface area contributed by atoms with Crippen molar-refractivity contribution in [3.8, 4) is 0 Å². The molecule has 0 bridgehead atoms. The molecule has 0 N–H and O–H groups in total. The van der Waals surface area contributed by atoms with Gasteiger partial charge in [0.2, 0.25) is 0 Å². The van der Waals surface area contributed by atoms with Crippen molar-refractivity contribution >= 4 is 98.8 Å². The second-order valence-electron chi connectivity index (χ2n) is 31.0. The Balaban J connectivity index is -0.000000121. The molecule has 0 saturated heterocycles. The van der Waals surface area contributed by atoms with Gasteiger partial charge in [-0.2, -0.15) is 0 Å². The molecular weight excluding hydrogens is 976 g/mol. The minimum absolute atomic E-state index is 0.901. The maximum atomic E-state index is 2.98. The summed E-state index contributed by atoms with van der Waals surface area (Å²) in [6.07, 6.45) is 0. The number of rotatable bonds is 12. The van der Waals surface area contributed by atoms with E-state index in [1.54, 1.807) is 0 Å². The van der Waals surface area contributed by atoms with Gasteiger partial charge in [0.15, 0.2) is 0 Å². The summed E-state index contributed by atoms with van der Waals surface area (Å²) in [4.78, 5) is 2.00. The molecule has 7 nitrogen and oxygen atoms in total. The summed E-state index contributed by atoms with van der Waals surface area (Å²) in [5.41, 5.74) is 0. The van der Waals surface area contributed by atoms with Gasteiger partial charge < -0.3 is 30.3 Å². The molecule has 0 aromatic rings. The van der Waals surface area contributed by atoms with Gasteiger partial charge in [-0.25, -0.2) is 0 Å². The molecule has 0 amide bonds. The maximum Gasteiger partial charge on any atom is 0.118 e. The number of nitrogens with zero attached hydrogens (tertiary/aromatic N) is 7. The summed E-state index contributed by atoms with van der Waals surface area (Å²) in [5.74, 6) is 0. The zero-order valence-corrected chi connectivity index (χ0v) is 66.1. The van der Waals surface area contributed by atoms with Crippen LogP contribution in [0.3, 0.4) is 0 Å². The van der Waals surface area contributed by atoms with Crippen LogP contribution in [0.1, 0.15) is 0 Å². The van der Waals surface area contributed by atoms with Crippen molar-refractivity contribution in [3.05, 3.63) is 0 Å². The van der Waals surface area contributed by atoms with Crippen LogP contribution >= 0.6 is 0 Å². The van der Waals surface area contributed by atoms with Crippen molar-refractivity contribution in [2.75, 3.05) is 63.4 Å². The van der Waals surface area contributed by atoms with Crippen molar-refractivity contribution in [2.24, 2.45) is 0 Å². The summed E-state index contributed by atoms with van der Waals surface area (Å²) in [7, 11) is 6.75. The van der Waals surface area contributed by atoms with Crippen LogP contribution < -0.4 is 0 Å². The molecule has 0 atom stereocenters. The first-order valence-electron chi connectivity index (χ1n) is 24.7. The zero-order chi connectivity index (χ0) is 55.0. The first-order chi connectivity index (χ1) is 26.7. The van der Waals surface area contributed by atoms with E-state index in [-0.39, 0.29) is 0 Å². The molecule has 0 radical (unpaired) electrons. The fraction of sp³-hybridized carbons (Fsp3) is 1.00. The Hall–Kier alpha value is 2.32.